The van der Waals surface area contributed by atoms with Crippen molar-refractivity contribution < 1.29 is 19.1 Å². The van der Waals surface area contributed by atoms with Gasteiger partial charge in [-0.1, -0.05) is 0 Å². The van der Waals surface area contributed by atoms with E-state index in [-0.39, 0.29) is 5.11 Å². The smallest absolute Gasteiger partial charge is 0.368 e. The summed E-state index contributed by atoms with van der Waals surface area (Å²) in [5, 5.41) is 6.50. The van der Waals surface area contributed by atoms with Crippen molar-refractivity contribution in [3.05, 3.63) is 52.7 Å². The van der Waals surface area contributed by atoms with E-state index in [2.05, 4.69) is 20.6 Å². The van der Waals surface area contributed by atoms with Crippen LogP contribution in [0.5, 0.6) is 11.5 Å². The Morgan fingerprint density at radius 3 is 2.46 bits per heavy atom. The number of nitrogens with zero attached hydrogens (tertiary/aromatic N) is 2. The van der Waals surface area contributed by atoms with Crippen molar-refractivity contribution in [3.8, 4) is 11.5 Å². The molecule has 9 heteroatoms. The summed E-state index contributed by atoms with van der Waals surface area (Å²) in [6.07, 6.45) is 0. The number of amides is 3. The number of fused-ring (bicyclic) bond motifs is 1. The molecule has 1 aliphatic heterocycles. The summed E-state index contributed by atoms with van der Waals surface area (Å²) in [6.45, 7) is 0. The van der Waals surface area contributed by atoms with Gasteiger partial charge < -0.3 is 14.8 Å². The summed E-state index contributed by atoms with van der Waals surface area (Å²) in [4.78, 5) is 31.0. The molecular formula is C17H14N4O4S. The minimum atomic E-state index is -0.540. The Labute approximate surface area is 153 Å². The summed E-state index contributed by atoms with van der Waals surface area (Å²) >= 11 is 5.15. The van der Waals surface area contributed by atoms with E-state index < -0.39 is 11.9 Å². The van der Waals surface area contributed by atoms with Gasteiger partial charge in [-0.3, -0.25) is 10.1 Å². The summed E-state index contributed by atoms with van der Waals surface area (Å²) in [6, 6.07) is 9.20. The fraction of sp³-hybridized carbons (Fsp3) is 0.118. The molecule has 0 radical (unpaired) electrons. The monoisotopic (exact) mass is 370 g/mol. The van der Waals surface area contributed by atoms with Crippen molar-refractivity contribution in [2.45, 2.75) is 0 Å². The van der Waals surface area contributed by atoms with Crippen LogP contribution in [0.2, 0.25) is 0 Å². The minimum Gasteiger partial charge on any atom is -0.493 e. The maximum Gasteiger partial charge on any atom is 0.368 e. The second-order valence-corrected chi connectivity index (χ2v) is 5.60. The van der Waals surface area contributed by atoms with E-state index in [0.717, 1.165) is 0 Å². The molecule has 1 heterocycles. The van der Waals surface area contributed by atoms with Gasteiger partial charge in [-0.05, 0) is 48.6 Å². The molecule has 1 aliphatic rings. The number of hydrogen-bond donors (Lipinski definition) is 2. The predicted molar refractivity (Wildman–Crippen MR) is 97.4 cm³/mol. The second kappa shape index (κ2) is 7.28. The third-order valence-corrected chi connectivity index (χ3v) is 3.74. The highest BCUT2D eigenvalue weighted by atomic mass is 32.1. The third-order valence-electron chi connectivity index (χ3n) is 3.54. The maximum absolute atomic E-state index is 12.3. The number of thiocarbonyl (C=S) groups is 1. The van der Waals surface area contributed by atoms with Gasteiger partial charge in [0.25, 0.3) is 5.91 Å². The number of carbonyl (C=O) groups is 2. The van der Waals surface area contributed by atoms with Crippen LogP contribution < -0.4 is 30.8 Å². The molecule has 0 unspecified atom stereocenters. The number of methoxy groups -OCH3 is 2. The molecular weight excluding hydrogens is 356 g/mol. The number of carbonyl (C=O) groups excluding carboxylic acids is 2. The average Bonchev–Trinajstić information content (AvgIpc) is 3.00. The second-order valence-electron chi connectivity index (χ2n) is 5.19. The van der Waals surface area contributed by atoms with E-state index in [4.69, 9.17) is 21.7 Å². The molecule has 0 aromatic heterocycles. The fourth-order valence-corrected chi connectivity index (χ4v) is 2.54. The number of hydrogen-bond acceptors (Lipinski definition) is 5. The SMILES string of the molecule is COc1ccc(C(=O)NC(=S)Nc2ccc3c(c2)=NC(=O)N=3)cc1OC. The number of urea groups is 1. The van der Waals surface area contributed by atoms with Gasteiger partial charge in [-0.15, -0.1) is 0 Å². The molecule has 2 N–H and O–H groups in total. The maximum atomic E-state index is 12.3. The van der Waals surface area contributed by atoms with Crippen molar-refractivity contribution in [2.75, 3.05) is 19.5 Å². The van der Waals surface area contributed by atoms with E-state index in [1.165, 1.54) is 14.2 Å². The number of ether oxygens (including phenoxy) is 2. The highest BCUT2D eigenvalue weighted by molar-refractivity contribution is 7.80. The highest BCUT2D eigenvalue weighted by Crippen LogP contribution is 2.27. The molecule has 26 heavy (non-hydrogen) atoms. The highest BCUT2D eigenvalue weighted by Gasteiger charge is 2.12. The molecule has 2 aromatic rings. The van der Waals surface area contributed by atoms with Gasteiger partial charge in [0.05, 0.1) is 24.9 Å². The molecule has 3 rings (SSSR count). The Kier molecular flexibility index (Phi) is 4.90. The van der Waals surface area contributed by atoms with Crippen LogP contribution in [0.3, 0.4) is 0 Å². The normalized spacial score (nSPS) is 11.7. The molecule has 8 nitrogen and oxygen atoms in total. The Morgan fingerprint density at radius 1 is 1.00 bits per heavy atom. The van der Waals surface area contributed by atoms with Crippen molar-refractivity contribution in [1.29, 1.82) is 0 Å². The lowest BCUT2D eigenvalue weighted by Crippen LogP contribution is -2.34. The molecule has 132 valence electrons. The fourth-order valence-electron chi connectivity index (χ4n) is 2.33. The zero-order valence-corrected chi connectivity index (χ0v) is 14.7. The summed E-state index contributed by atoms with van der Waals surface area (Å²) in [5.41, 5.74) is 0.940. The lowest BCUT2D eigenvalue weighted by atomic mass is 10.2. The van der Waals surface area contributed by atoms with E-state index in [1.54, 1.807) is 36.4 Å². The Hall–Kier alpha value is -3.33. The summed E-state index contributed by atoms with van der Waals surface area (Å²) in [5.74, 6) is 0.554. The zero-order chi connectivity index (χ0) is 18.7. The van der Waals surface area contributed by atoms with Gasteiger partial charge >= 0.3 is 6.03 Å². The van der Waals surface area contributed by atoms with Crippen LogP contribution in [-0.4, -0.2) is 31.3 Å². The van der Waals surface area contributed by atoms with Gasteiger partial charge in [-0.25, -0.2) is 4.79 Å². The first-order chi connectivity index (χ1) is 12.5. The van der Waals surface area contributed by atoms with Gasteiger partial charge in [0, 0.05) is 11.3 Å². The van der Waals surface area contributed by atoms with Gasteiger partial charge in [0.2, 0.25) is 0 Å². The minimum absolute atomic E-state index is 0.103. The molecule has 0 aliphatic carbocycles. The van der Waals surface area contributed by atoms with Crippen LogP contribution in [0, 0.1) is 0 Å². The number of benzene rings is 2. The number of anilines is 1. The molecule has 0 saturated heterocycles. The van der Waals surface area contributed by atoms with Crippen LogP contribution >= 0.6 is 12.2 Å². The molecule has 0 fully saturated rings. The zero-order valence-electron chi connectivity index (χ0n) is 13.9. The Bertz CT molecular complexity index is 1040. The van der Waals surface area contributed by atoms with E-state index in [9.17, 15) is 9.59 Å². The van der Waals surface area contributed by atoms with Crippen LogP contribution in [0.15, 0.2) is 46.4 Å². The Balaban J connectivity index is 1.70. The predicted octanol–water partition coefficient (Wildman–Crippen LogP) is 1.20. The number of nitrogens with one attached hydrogen (secondary N) is 2. The quantitative estimate of drug-likeness (QED) is 0.785. The Morgan fingerprint density at radius 2 is 1.73 bits per heavy atom. The number of rotatable bonds is 4. The first-order valence-electron chi connectivity index (χ1n) is 7.46. The topological polar surface area (TPSA) is 101 Å². The third kappa shape index (κ3) is 3.67. The molecule has 0 atom stereocenters. The average molecular weight is 370 g/mol. The molecule has 0 saturated carbocycles. The van der Waals surface area contributed by atoms with Crippen molar-refractivity contribution in [3.63, 3.8) is 0 Å². The van der Waals surface area contributed by atoms with Crippen LogP contribution in [0.1, 0.15) is 10.4 Å². The first-order valence-corrected chi connectivity index (χ1v) is 7.87. The standard InChI is InChI=1S/C17H14N4O4S/c1-24-13-6-3-9(7-14(13)25-2)15(22)21-17(26)18-10-4-5-11-12(8-10)20-16(23)19-11/h3-8H,1-2H3,(H2,18,21,22,26). The van der Waals surface area contributed by atoms with Crippen molar-refractivity contribution in [1.82, 2.24) is 5.32 Å². The molecule has 0 spiro atoms. The van der Waals surface area contributed by atoms with Crippen molar-refractivity contribution in [2.24, 2.45) is 9.98 Å². The van der Waals surface area contributed by atoms with Crippen LogP contribution in [-0.2, 0) is 0 Å². The largest absolute Gasteiger partial charge is 0.493 e. The van der Waals surface area contributed by atoms with E-state index in [0.29, 0.717) is 33.5 Å². The molecule has 3 amide bonds. The summed E-state index contributed by atoms with van der Waals surface area (Å²) in [7, 11) is 3.00. The first kappa shape index (κ1) is 17.5. The summed E-state index contributed by atoms with van der Waals surface area (Å²) < 4.78 is 10.3. The van der Waals surface area contributed by atoms with Crippen LogP contribution in [0.25, 0.3) is 0 Å². The molecule has 0 bridgehead atoms. The van der Waals surface area contributed by atoms with E-state index in [1.807, 2.05) is 0 Å². The lowest BCUT2D eigenvalue weighted by Gasteiger charge is -2.11. The van der Waals surface area contributed by atoms with Crippen molar-refractivity contribution >= 4 is 35.0 Å². The van der Waals surface area contributed by atoms with Crippen LogP contribution in [0.4, 0.5) is 10.5 Å². The van der Waals surface area contributed by atoms with Gasteiger partial charge in [0.15, 0.2) is 16.6 Å². The van der Waals surface area contributed by atoms with Gasteiger partial charge in [-0.2, -0.15) is 9.98 Å². The van der Waals surface area contributed by atoms with E-state index >= 15 is 0 Å². The lowest BCUT2D eigenvalue weighted by molar-refractivity contribution is 0.0977. The van der Waals surface area contributed by atoms with Gasteiger partial charge in [0.1, 0.15) is 0 Å². The molecule has 2 aromatic carbocycles.